The Morgan fingerprint density at radius 2 is 2.05 bits per heavy atom. The van der Waals surface area contributed by atoms with Gasteiger partial charge < -0.3 is 19.8 Å². The number of benzene rings is 1. The number of amides is 1. The lowest BCUT2D eigenvalue weighted by Crippen LogP contribution is -2.27. The number of halogens is 1. The first-order chi connectivity index (χ1) is 9.54. The summed E-state index contributed by atoms with van der Waals surface area (Å²) < 4.78 is 5.21. The van der Waals surface area contributed by atoms with Crippen LogP contribution in [-0.4, -0.2) is 23.1 Å². The summed E-state index contributed by atoms with van der Waals surface area (Å²) >= 11 is 5.93. The fraction of sp³-hybridized carbons (Fsp3) is 0. The number of furan rings is 1. The van der Waals surface area contributed by atoms with Crippen LogP contribution < -0.4 is 11.0 Å². The van der Waals surface area contributed by atoms with Crippen LogP contribution in [0, 0.1) is 0 Å². The molecule has 0 bridgehead atoms. The molecule has 20 heavy (non-hydrogen) atoms. The predicted octanol–water partition coefficient (Wildman–Crippen LogP) is 1.11. The summed E-state index contributed by atoms with van der Waals surface area (Å²) in [6.07, 6.45) is 1.53. The molecular formula is C13H9BClNO4. The second kappa shape index (κ2) is 4.83. The topological polar surface area (TPSA) is 82.7 Å². The van der Waals surface area contributed by atoms with Crippen LogP contribution in [0.2, 0.25) is 5.02 Å². The van der Waals surface area contributed by atoms with Gasteiger partial charge in [-0.3, -0.25) is 4.79 Å². The second-order valence-electron chi connectivity index (χ2n) is 4.32. The monoisotopic (exact) mass is 289 g/mol. The van der Waals surface area contributed by atoms with Crippen molar-refractivity contribution in [3.8, 4) is 0 Å². The summed E-state index contributed by atoms with van der Waals surface area (Å²) in [5.41, 5.74) is 1.79. The van der Waals surface area contributed by atoms with Crippen LogP contribution >= 0.6 is 11.6 Å². The van der Waals surface area contributed by atoms with E-state index in [0.717, 1.165) is 0 Å². The fourth-order valence-electron chi connectivity index (χ4n) is 2.03. The van der Waals surface area contributed by atoms with Crippen molar-refractivity contribution in [2.45, 2.75) is 0 Å². The standard InChI is InChI=1S/C13H9BClNO4/c15-7-1-3-11-9(5-7)10(13(17)16-11)6-8-2-4-12(20-8)14(18)19/h1-6,18-19H,(H,16,17)/b10-6+. The molecule has 0 aliphatic carbocycles. The van der Waals surface area contributed by atoms with Gasteiger partial charge in [-0.25, -0.2) is 0 Å². The number of fused-ring (bicyclic) bond motifs is 1. The Labute approximate surface area is 119 Å². The molecule has 3 rings (SSSR count). The molecule has 1 aliphatic heterocycles. The minimum Gasteiger partial charge on any atom is -0.465 e. The third kappa shape index (κ3) is 2.25. The molecule has 0 saturated heterocycles. The Morgan fingerprint density at radius 1 is 1.25 bits per heavy atom. The molecule has 100 valence electrons. The molecule has 1 aromatic heterocycles. The molecule has 0 unspecified atom stereocenters. The van der Waals surface area contributed by atoms with E-state index in [1.54, 1.807) is 24.3 Å². The van der Waals surface area contributed by atoms with Gasteiger partial charge in [0.2, 0.25) is 0 Å². The summed E-state index contributed by atoms with van der Waals surface area (Å²) in [5.74, 6) is 0.0934. The molecule has 1 aromatic carbocycles. The van der Waals surface area contributed by atoms with Crippen LogP contribution in [0.5, 0.6) is 0 Å². The van der Waals surface area contributed by atoms with E-state index in [1.807, 2.05) is 0 Å². The average molecular weight is 289 g/mol. The molecule has 0 spiro atoms. The Hall–Kier alpha value is -2.02. The third-order valence-electron chi connectivity index (χ3n) is 2.95. The van der Waals surface area contributed by atoms with Gasteiger partial charge in [-0.15, -0.1) is 0 Å². The zero-order valence-corrected chi connectivity index (χ0v) is 10.9. The van der Waals surface area contributed by atoms with Crippen molar-refractivity contribution in [2.75, 3.05) is 5.32 Å². The second-order valence-corrected chi connectivity index (χ2v) is 4.75. The molecule has 2 aromatic rings. The fourth-order valence-corrected chi connectivity index (χ4v) is 2.20. The first kappa shape index (κ1) is 13.0. The van der Waals surface area contributed by atoms with Crippen LogP contribution in [-0.2, 0) is 4.79 Å². The van der Waals surface area contributed by atoms with E-state index in [-0.39, 0.29) is 11.6 Å². The normalized spacial score (nSPS) is 15.3. The van der Waals surface area contributed by atoms with E-state index in [4.69, 9.17) is 26.1 Å². The van der Waals surface area contributed by atoms with Gasteiger partial charge in [0, 0.05) is 16.3 Å². The molecular weight excluding hydrogens is 280 g/mol. The number of rotatable bonds is 2. The number of nitrogens with one attached hydrogen (secondary N) is 1. The van der Waals surface area contributed by atoms with Crippen molar-refractivity contribution in [3.63, 3.8) is 0 Å². The van der Waals surface area contributed by atoms with Crippen LogP contribution in [0.25, 0.3) is 11.6 Å². The lowest BCUT2D eigenvalue weighted by molar-refractivity contribution is -0.110. The minimum absolute atomic E-state index is 0.0153. The van der Waals surface area contributed by atoms with E-state index >= 15 is 0 Å². The van der Waals surface area contributed by atoms with Gasteiger partial charge in [0.15, 0.2) is 0 Å². The summed E-state index contributed by atoms with van der Waals surface area (Å²) in [5, 5.41) is 21.2. The van der Waals surface area contributed by atoms with Gasteiger partial charge >= 0.3 is 7.12 Å². The van der Waals surface area contributed by atoms with Crippen molar-refractivity contribution in [1.29, 1.82) is 0 Å². The molecule has 0 saturated carbocycles. The summed E-state index contributed by atoms with van der Waals surface area (Å²) in [7, 11) is -1.68. The van der Waals surface area contributed by atoms with Gasteiger partial charge in [-0.1, -0.05) is 11.6 Å². The molecule has 7 heteroatoms. The maximum Gasteiger partial charge on any atom is 0.526 e. The largest absolute Gasteiger partial charge is 0.526 e. The zero-order chi connectivity index (χ0) is 14.3. The van der Waals surface area contributed by atoms with Gasteiger partial charge in [-0.05, 0) is 36.4 Å². The Kier molecular flexibility index (Phi) is 3.14. The average Bonchev–Trinajstić information content (AvgIpc) is 2.97. The van der Waals surface area contributed by atoms with E-state index in [1.165, 1.54) is 12.1 Å². The molecule has 2 heterocycles. The SMILES string of the molecule is O=C1Nc2ccc(Cl)cc2/C1=C\c1ccc(B(O)O)o1. The smallest absolute Gasteiger partial charge is 0.465 e. The number of hydrogen-bond donors (Lipinski definition) is 3. The molecule has 1 amide bonds. The summed E-state index contributed by atoms with van der Waals surface area (Å²) in [6.45, 7) is 0. The summed E-state index contributed by atoms with van der Waals surface area (Å²) in [4.78, 5) is 11.9. The number of anilines is 1. The van der Waals surface area contributed by atoms with E-state index in [9.17, 15) is 4.79 Å². The Balaban J connectivity index is 2.03. The lowest BCUT2D eigenvalue weighted by atomic mass is 9.88. The van der Waals surface area contributed by atoms with Gasteiger partial charge in [0.25, 0.3) is 5.91 Å². The molecule has 1 aliphatic rings. The van der Waals surface area contributed by atoms with Crippen molar-refractivity contribution in [3.05, 3.63) is 46.7 Å². The van der Waals surface area contributed by atoms with Gasteiger partial charge in [-0.2, -0.15) is 0 Å². The Bertz CT molecular complexity index is 723. The maximum atomic E-state index is 11.9. The molecule has 0 radical (unpaired) electrons. The van der Waals surface area contributed by atoms with Crippen LogP contribution in [0.15, 0.2) is 34.7 Å². The van der Waals surface area contributed by atoms with Gasteiger partial charge in [0.1, 0.15) is 11.4 Å². The lowest BCUT2D eigenvalue weighted by Gasteiger charge is -1.98. The van der Waals surface area contributed by atoms with Crippen molar-refractivity contribution >= 4 is 47.6 Å². The van der Waals surface area contributed by atoms with Crippen molar-refractivity contribution < 1.29 is 19.3 Å². The van der Waals surface area contributed by atoms with Gasteiger partial charge in [0.05, 0.1) is 5.57 Å². The third-order valence-corrected chi connectivity index (χ3v) is 3.19. The molecule has 0 atom stereocenters. The van der Waals surface area contributed by atoms with E-state index in [2.05, 4.69) is 5.32 Å². The van der Waals surface area contributed by atoms with Crippen LogP contribution in [0.1, 0.15) is 11.3 Å². The van der Waals surface area contributed by atoms with E-state index < -0.39 is 7.12 Å². The molecule has 0 fully saturated rings. The molecule has 3 N–H and O–H groups in total. The Morgan fingerprint density at radius 3 is 2.75 bits per heavy atom. The minimum atomic E-state index is -1.68. The quantitative estimate of drug-likeness (QED) is 0.571. The highest BCUT2D eigenvalue weighted by molar-refractivity contribution is 6.57. The molecule has 5 nitrogen and oxygen atoms in total. The predicted molar refractivity (Wildman–Crippen MR) is 76.5 cm³/mol. The zero-order valence-electron chi connectivity index (χ0n) is 10.1. The first-order valence-corrected chi connectivity index (χ1v) is 6.21. The van der Waals surface area contributed by atoms with Crippen molar-refractivity contribution in [2.24, 2.45) is 0 Å². The number of carbonyl (C=O) groups is 1. The van der Waals surface area contributed by atoms with Crippen LogP contribution in [0.4, 0.5) is 5.69 Å². The number of hydrogen-bond acceptors (Lipinski definition) is 4. The first-order valence-electron chi connectivity index (χ1n) is 5.83. The summed E-state index contributed by atoms with van der Waals surface area (Å²) in [6, 6.07) is 8.09. The van der Waals surface area contributed by atoms with Crippen LogP contribution in [0.3, 0.4) is 0 Å². The van der Waals surface area contributed by atoms with E-state index in [0.29, 0.717) is 27.6 Å². The van der Waals surface area contributed by atoms with Crippen molar-refractivity contribution in [1.82, 2.24) is 0 Å². The highest BCUT2D eigenvalue weighted by Crippen LogP contribution is 2.34. The maximum absolute atomic E-state index is 11.9. The highest BCUT2D eigenvalue weighted by atomic mass is 35.5. The number of carbonyl (C=O) groups excluding carboxylic acids is 1. The highest BCUT2D eigenvalue weighted by Gasteiger charge is 2.25.